The third-order valence-electron chi connectivity index (χ3n) is 3.19. The lowest BCUT2D eigenvalue weighted by Gasteiger charge is -2.03. The molecule has 0 unspecified atom stereocenters. The molecule has 3 aromatic rings. The van der Waals surface area contributed by atoms with Gasteiger partial charge in [0, 0.05) is 36.0 Å². The van der Waals surface area contributed by atoms with Crippen molar-refractivity contribution < 1.29 is 13.9 Å². The van der Waals surface area contributed by atoms with Gasteiger partial charge in [-0.25, -0.2) is 0 Å². The van der Waals surface area contributed by atoms with Gasteiger partial charge < -0.3 is 25.4 Å². The van der Waals surface area contributed by atoms with Crippen LogP contribution in [0.25, 0.3) is 21.9 Å². The Morgan fingerprint density at radius 1 is 0.762 bits per heavy atom. The zero-order valence-corrected chi connectivity index (χ0v) is 11.7. The van der Waals surface area contributed by atoms with Crippen LogP contribution in [0.3, 0.4) is 0 Å². The average Bonchev–Trinajstić information content (AvgIpc) is 2.87. The molecule has 21 heavy (non-hydrogen) atoms. The highest BCUT2D eigenvalue weighted by Gasteiger charge is 2.09. The largest absolute Gasteiger partial charge is 0.492 e. The number of hydrogen-bond donors (Lipinski definition) is 2. The predicted molar refractivity (Wildman–Crippen MR) is 82.8 cm³/mol. The summed E-state index contributed by atoms with van der Waals surface area (Å²) in [5, 5.41) is 2.10. The number of ether oxygens (including phenoxy) is 2. The van der Waals surface area contributed by atoms with Crippen molar-refractivity contribution >= 4 is 21.9 Å². The molecule has 4 N–H and O–H groups in total. The molecule has 0 bridgehead atoms. The van der Waals surface area contributed by atoms with Gasteiger partial charge in [0.05, 0.1) is 0 Å². The molecule has 0 amide bonds. The Balaban J connectivity index is 1.98. The Hall–Kier alpha value is -2.24. The van der Waals surface area contributed by atoms with Crippen molar-refractivity contribution in [3.05, 3.63) is 36.4 Å². The second kappa shape index (κ2) is 6.03. The summed E-state index contributed by atoms with van der Waals surface area (Å²) in [7, 11) is 0. The topological polar surface area (TPSA) is 83.6 Å². The van der Waals surface area contributed by atoms with E-state index >= 15 is 0 Å². The van der Waals surface area contributed by atoms with Crippen LogP contribution >= 0.6 is 0 Å². The molecule has 0 saturated heterocycles. The third kappa shape index (κ3) is 2.79. The molecule has 5 nitrogen and oxygen atoms in total. The third-order valence-corrected chi connectivity index (χ3v) is 3.19. The van der Waals surface area contributed by atoms with Crippen LogP contribution in [0.15, 0.2) is 40.8 Å². The normalized spacial score (nSPS) is 11.1. The fourth-order valence-electron chi connectivity index (χ4n) is 2.27. The van der Waals surface area contributed by atoms with Crippen LogP contribution in [-0.4, -0.2) is 26.3 Å². The molecule has 0 saturated carbocycles. The van der Waals surface area contributed by atoms with Gasteiger partial charge in [0.15, 0.2) is 0 Å². The summed E-state index contributed by atoms with van der Waals surface area (Å²) in [6.45, 7) is 1.95. The SMILES string of the molecule is NCCOc1ccc2c(c1)oc1cc(OCCN)ccc12. The lowest BCUT2D eigenvalue weighted by Crippen LogP contribution is -2.10. The molecule has 1 heterocycles. The number of fused-ring (bicyclic) bond motifs is 3. The van der Waals surface area contributed by atoms with Crippen LogP contribution in [0.5, 0.6) is 11.5 Å². The summed E-state index contributed by atoms with van der Waals surface area (Å²) in [4.78, 5) is 0. The Labute approximate surface area is 122 Å². The first-order valence-electron chi connectivity index (χ1n) is 6.94. The molecule has 5 heteroatoms. The summed E-state index contributed by atoms with van der Waals surface area (Å²) in [5.74, 6) is 1.51. The van der Waals surface area contributed by atoms with Crippen molar-refractivity contribution in [1.82, 2.24) is 0 Å². The van der Waals surface area contributed by atoms with E-state index in [0.717, 1.165) is 33.4 Å². The molecule has 1 aromatic heterocycles. The van der Waals surface area contributed by atoms with Gasteiger partial charge in [0.2, 0.25) is 0 Å². The molecule has 110 valence electrons. The van der Waals surface area contributed by atoms with E-state index in [1.54, 1.807) is 0 Å². The van der Waals surface area contributed by atoms with Crippen LogP contribution in [0, 0.1) is 0 Å². The van der Waals surface area contributed by atoms with Crippen molar-refractivity contribution in [3.63, 3.8) is 0 Å². The molecule has 3 rings (SSSR count). The molecule has 0 aliphatic heterocycles. The molecule has 0 aliphatic rings. The molecular weight excluding hydrogens is 268 g/mol. The van der Waals surface area contributed by atoms with Crippen molar-refractivity contribution in [2.75, 3.05) is 26.3 Å². The van der Waals surface area contributed by atoms with E-state index in [-0.39, 0.29) is 0 Å². The fraction of sp³-hybridized carbons (Fsp3) is 0.250. The van der Waals surface area contributed by atoms with E-state index in [0.29, 0.717) is 26.3 Å². The second-order valence-corrected chi connectivity index (χ2v) is 4.69. The molecule has 0 fully saturated rings. The van der Waals surface area contributed by atoms with Crippen LogP contribution < -0.4 is 20.9 Å². The number of nitrogens with two attached hydrogens (primary N) is 2. The van der Waals surface area contributed by atoms with E-state index in [2.05, 4.69) is 0 Å². The van der Waals surface area contributed by atoms with Gasteiger partial charge in [-0.2, -0.15) is 0 Å². The van der Waals surface area contributed by atoms with Crippen LogP contribution in [0.4, 0.5) is 0 Å². The maximum atomic E-state index is 5.87. The molecule has 2 aromatic carbocycles. The van der Waals surface area contributed by atoms with Crippen LogP contribution in [0.2, 0.25) is 0 Å². The lowest BCUT2D eigenvalue weighted by atomic mass is 10.1. The second-order valence-electron chi connectivity index (χ2n) is 4.69. The average molecular weight is 286 g/mol. The van der Waals surface area contributed by atoms with Gasteiger partial charge in [-0.3, -0.25) is 0 Å². The number of hydrogen-bond acceptors (Lipinski definition) is 5. The smallest absolute Gasteiger partial charge is 0.139 e. The summed E-state index contributed by atoms with van der Waals surface area (Å²) >= 11 is 0. The van der Waals surface area contributed by atoms with E-state index in [4.69, 9.17) is 25.4 Å². The van der Waals surface area contributed by atoms with Crippen LogP contribution in [0.1, 0.15) is 0 Å². The zero-order chi connectivity index (χ0) is 14.7. The van der Waals surface area contributed by atoms with Gasteiger partial charge in [0.25, 0.3) is 0 Å². The fourth-order valence-corrected chi connectivity index (χ4v) is 2.27. The van der Waals surface area contributed by atoms with Crippen molar-refractivity contribution in [2.24, 2.45) is 11.5 Å². The summed E-state index contributed by atoms with van der Waals surface area (Å²) in [5.41, 5.74) is 12.4. The molecule has 0 atom stereocenters. The summed E-state index contributed by atoms with van der Waals surface area (Å²) in [6.07, 6.45) is 0. The lowest BCUT2D eigenvalue weighted by molar-refractivity contribution is 0.328. The molecule has 0 spiro atoms. The molecular formula is C16H18N2O3. The highest BCUT2D eigenvalue weighted by molar-refractivity contribution is 6.05. The Bertz CT molecular complexity index is 689. The van der Waals surface area contributed by atoms with Crippen molar-refractivity contribution in [3.8, 4) is 11.5 Å². The Morgan fingerprint density at radius 3 is 1.67 bits per heavy atom. The Morgan fingerprint density at radius 2 is 1.24 bits per heavy atom. The van der Waals surface area contributed by atoms with Gasteiger partial charge in [-0.1, -0.05) is 0 Å². The summed E-state index contributed by atoms with van der Waals surface area (Å²) in [6, 6.07) is 11.6. The number of benzene rings is 2. The van der Waals surface area contributed by atoms with E-state index < -0.39 is 0 Å². The number of rotatable bonds is 6. The van der Waals surface area contributed by atoms with Gasteiger partial charge in [-0.15, -0.1) is 0 Å². The quantitative estimate of drug-likeness (QED) is 0.726. The van der Waals surface area contributed by atoms with E-state index in [1.807, 2.05) is 36.4 Å². The standard InChI is InChI=1S/C16H18N2O3/c17-5-7-19-11-1-3-13-14-4-2-12(20-8-6-18)10-16(14)21-15(13)9-11/h1-4,9-10H,5-8,17-18H2. The van der Waals surface area contributed by atoms with Gasteiger partial charge in [-0.05, 0) is 24.3 Å². The minimum atomic E-state index is 0.486. The Kier molecular flexibility index (Phi) is 3.94. The first-order valence-corrected chi connectivity index (χ1v) is 6.94. The molecule has 0 radical (unpaired) electrons. The van der Waals surface area contributed by atoms with E-state index in [1.165, 1.54) is 0 Å². The highest BCUT2D eigenvalue weighted by Crippen LogP contribution is 2.33. The van der Waals surface area contributed by atoms with Crippen molar-refractivity contribution in [1.29, 1.82) is 0 Å². The van der Waals surface area contributed by atoms with Gasteiger partial charge >= 0.3 is 0 Å². The highest BCUT2D eigenvalue weighted by atomic mass is 16.5. The van der Waals surface area contributed by atoms with Gasteiger partial charge in [0.1, 0.15) is 35.9 Å². The number of furan rings is 1. The zero-order valence-electron chi connectivity index (χ0n) is 11.7. The van der Waals surface area contributed by atoms with Crippen molar-refractivity contribution in [2.45, 2.75) is 0 Å². The monoisotopic (exact) mass is 286 g/mol. The maximum absolute atomic E-state index is 5.87. The van der Waals surface area contributed by atoms with Crippen LogP contribution in [-0.2, 0) is 0 Å². The predicted octanol–water partition coefficient (Wildman–Crippen LogP) is 2.26. The van der Waals surface area contributed by atoms with E-state index in [9.17, 15) is 0 Å². The first kappa shape index (κ1) is 13.7. The molecule has 0 aliphatic carbocycles. The minimum absolute atomic E-state index is 0.486. The first-order chi connectivity index (χ1) is 10.3. The minimum Gasteiger partial charge on any atom is -0.492 e. The maximum Gasteiger partial charge on any atom is 0.139 e. The summed E-state index contributed by atoms with van der Waals surface area (Å²) < 4.78 is 16.9.